The fourth-order valence-electron chi connectivity index (χ4n) is 3.17. The number of allylic oxidation sites excluding steroid dienone is 1. The Kier molecular flexibility index (Phi) is 7.67. The van der Waals surface area contributed by atoms with Crippen molar-refractivity contribution in [2.24, 2.45) is 0 Å². The number of hydrogen-bond acceptors (Lipinski definition) is 7. The summed E-state index contributed by atoms with van der Waals surface area (Å²) in [6.45, 7) is 4.30. The summed E-state index contributed by atoms with van der Waals surface area (Å²) in [5.41, 5.74) is 1.54. The van der Waals surface area contributed by atoms with Gasteiger partial charge in [0.2, 0.25) is 5.75 Å². The predicted molar refractivity (Wildman–Crippen MR) is 107 cm³/mol. The van der Waals surface area contributed by atoms with E-state index in [0.29, 0.717) is 41.7 Å². The van der Waals surface area contributed by atoms with E-state index in [0.717, 1.165) is 0 Å². The molecule has 1 aromatic rings. The van der Waals surface area contributed by atoms with Gasteiger partial charge in [-0.3, -0.25) is 4.79 Å². The molecule has 29 heavy (non-hydrogen) atoms. The zero-order valence-electron chi connectivity index (χ0n) is 17.7. The van der Waals surface area contributed by atoms with E-state index in [-0.39, 0.29) is 23.7 Å². The van der Waals surface area contributed by atoms with Crippen molar-refractivity contribution in [1.82, 2.24) is 4.90 Å². The van der Waals surface area contributed by atoms with Gasteiger partial charge < -0.3 is 28.6 Å². The summed E-state index contributed by atoms with van der Waals surface area (Å²) in [5.74, 6) is 0.416. The van der Waals surface area contributed by atoms with E-state index in [1.54, 1.807) is 39.2 Å². The lowest BCUT2D eigenvalue weighted by molar-refractivity contribution is -0.138. The van der Waals surface area contributed by atoms with Gasteiger partial charge in [0.05, 0.1) is 45.7 Å². The highest BCUT2D eigenvalue weighted by molar-refractivity contribution is 6.16. The van der Waals surface area contributed by atoms with Gasteiger partial charge in [-0.25, -0.2) is 4.79 Å². The van der Waals surface area contributed by atoms with Crippen LogP contribution in [0.2, 0.25) is 0 Å². The summed E-state index contributed by atoms with van der Waals surface area (Å²) in [4.78, 5) is 27.2. The average molecular weight is 405 g/mol. The van der Waals surface area contributed by atoms with E-state index in [1.165, 1.54) is 26.2 Å². The molecule has 158 valence electrons. The van der Waals surface area contributed by atoms with Crippen molar-refractivity contribution in [2.75, 3.05) is 48.2 Å². The van der Waals surface area contributed by atoms with Crippen LogP contribution in [0.25, 0.3) is 6.08 Å². The molecule has 0 fully saturated rings. The van der Waals surface area contributed by atoms with Gasteiger partial charge in [-0.05, 0) is 32.1 Å². The van der Waals surface area contributed by atoms with Crippen molar-refractivity contribution >= 4 is 18.0 Å². The zero-order valence-corrected chi connectivity index (χ0v) is 17.7. The number of amides is 1. The summed E-state index contributed by atoms with van der Waals surface area (Å²) >= 11 is 0. The van der Waals surface area contributed by atoms with Crippen LogP contribution < -0.4 is 14.2 Å². The van der Waals surface area contributed by atoms with Crippen molar-refractivity contribution in [3.05, 3.63) is 34.5 Å². The Morgan fingerprint density at radius 1 is 1.07 bits per heavy atom. The van der Waals surface area contributed by atoms with Gasteiger partial charge >= 0.3 is 5.97 Å². The van der Waals surface area contributed by atoms with Gasteiger partial charge in [-0.15, -0.1) is 0 Å². The van der Waals surface area contributed by atoms with Crippen LogP contribution in [-0.2, 0) is 19.1 Å². The smallest absolute Gasteiger partial charge is 0.340 e. The first-order valence-corrected chi connectivity index (χ1v) is 9.14. The molecular weight excluding hydrogens is 378 g/mol. The minimum atomic E-state index is -0.552. The lowest BCUT2D eigenvalue weighted by atomic mass is 10.0. The van der Waals surface area contributed by atoms with Gasteiger partial charge in [-0.2, -0.15) is 0 Å². The number of carbonyl (C=O) groups is 2. The van der Waals surface area contributed by atoms with E-state index in [2.05, 4.69) is 0 Å². The Morgan fingerprint density at radius 2 is 1.76 bits per heavy atom. The first kappa shape index (κ1) is 22.3. The first-order chi connectivity index (χ1) is 13.9. The predicted octanol–water partition coefficient (Wildman–Crippen LogP) is 2.42. The molecule has 0 saturated carbocycles. The number of ether oxygens (including phenoxy) is 5. The highest BCUT2D eigenvalue weighted by Gasteiger charge is 2.37. The van der Waals surface area contributed by atoms with Crippen LogP contribution >= 0.6 is 0 Å². The monoisotopic (exact) mass is 405 g/mol. The summed E-state index contributed by atoms with van der Waals surface area (Å²) in [5, 5.41) is 0. The Hall–Kier alpha value is -3.00. The standard InChI is InChI=1S/C21H27NO7/c1-7-29-21(24)17-13(2)22(10-11-25-3)20(23)15(17)12-14-8-9-16(26-4)19(28-6)18(14)27-5/h8-9,12H,7,10-11H2,1-6H3/b15-12-. The lowest BCUT2D eigenvalue weighted by Crippen LogP contribution is -2.28. The second kappa shape index (κ2) is 9.97. The third-order valence-electron chi connectivity index (χ3n) is 4.54. The molecule has 1 aliphatic heterocycles. The maximum Gasteiger partial charge on any atom is 0.340 e. The number of nitrogens with zero attached hydrogens (tertiary/aromatic N) is 1. The van der Waals surface area contributed by atoms with Gasteiger partial charge in [-0.1, -0.05) is 0 Å². The molecule has 1 aliphatic rings. The van der Waals surface area contributed by atoms with Gasteiger partial charge in [0, 0.05) is 24.9 Å². The highest BCUT2D eigenvalue weighted by atomic mass is 16.5. The SMILES string of the molecule is CCOC(=O)C1=C(C)N(CCOC)C(=O)/C1=C\c1ccc(OC)c(OC)c1OC. The first-order valence-electron chi connectivity index (χ1n) is 9.14. The van der Waals surface area contributed by atoms with Crippen molar-refractivity contribution in [2.45, 2.75) is 13.8 Å². The van der Waals surface area contributed by atoms with Crippen molar-refractivity contribution in [3.63, 3.8) is 0 Å². The molecule has 1 amide bonds. The number of hydrogen-bond donors (Lipinski definition) is 0. The Morgan fingerprint density at radius 3 is 2.31 bits per heavy atom. The molecule has 1 heterocycles. The van der Waals surface area contributed by atoms with Crippen molar-refractivity contribution in [1.29, 1.82) is 0 Å². The quantitative estimate of drug-likeness (QED) is 0.461. The fraction of sp³-hybridized carbons (Fsp3) is 0.429. The fourth-order valence-corrected chi connectivity index (χ4v) is 3.17. The maximum absolute atomic E-state index is 13.1. The molecule has 0 spiro atoms. The molecule has 0 aromatic heterocycles. The largest absolute Gasteiger partial charge is 0.493 e. The summed E-state index contributed by atoms with van der Waals surface area (Å²) in [6.07, 6.45) is 1.60. The molecule has 0 aliphatic carbocycles. The van der Waals surface area contributed by atoms with E-state index < -0.39 is 5.97 Å². The van der Waals surface area contributed by atoms with Gasteiger partial charge in [0.15, 0.2) is 11.5 Å². The van der Waals surface area contributed by atoms with E-state index >= 15 is 0 Å². The van der Waals surface area contributed by atoms with Crippen LogP contribution in [0.5, 0.6) is 17.2 Å². The van der Waals surface area contributed by atoms with Gasteiger partial charge in [0.25, 0.3) is 5.91 Å². The molecule has 0 bridgehead atoms. The maximum atomic E-state index is 13.1. The normalized spacial score (nSPS) is 15.2. The molecule has 0 radical (unpaired) electrons. The summed E-state index contributed by atoms with van der Waals surface area (Å²) in [6, 6.07) is 3.44. The van der Waals surface area contributed by atoms with E-state index in [1.807, 2.05) is 0 Å². The van der Waals surface area contributed by atoms with Crippen LogP contribution in [0.15, 0.2) is 29.0 Å². The number of rotatable bonds is 9. The van der Waals surface area contributed by atoms with Crippen LogP contribution in [0.3, 0.4) is 0 Å². The van der Waals surface area contributed by atoms with Crippen LogP contribution in [0.4, 0.5) is 0 Å². The summed E-state index contributed by atoms with van der Waals surface area (Å²) < 4.78 is 26.5. The minimum absolute atomic E-state index is 0.203. The van der Waals surface area contributed by atoms with Gasteiger partial charge in [0.1, 0.15) is 0 Å². The lowest BCUT2D eigenvalue weighted by Gasteiger charge is -2.17. The molecular formula is C21H27NO7. The molecule has 8 nitrogen and oxygen atoms in total. The second-order valence-corrected chi connectivity index (χ2v) is 6.11. The number of carbonyl (C=O) groups excluding carboxylic acids is 2. The Labute approximate surface area is 170 Å². The van der Waals surface area contributed by atoms with E-state index in [4.69, 9.17) is 23.7 Å². The van der Waals surface area contributed by atoms with E-state index in [9.17, 15) is 9.59 Å². The average Bonchev–Trinajstić information content (AvgIpc) is 2.95. The number of esters is 1. The number of benzene rings is 1. The molecule has 0 saturated heterocycles. The molecule has 8 heteroatoms. The molecule has 0 unspecified atom stereocenters. The molecule has 0 N–H and O–H groups in total. The molecule has 0 atom stereocenters. The second-order valence-electron chi connectivity index (χ2n) is 6.11. The third-order valence-corrected chi connectivity index (χ3v) is 4.54. The van der Waals surface area contributed by atoms with Crippen molar-refractivity contribution < 1.29 is 33.3 Å². The minimum Gasteiger partial charge on any atom is -0.493 e. The topological polar surface area (TPSA) is 83.5 Å². The summed E-state index contributed by atoms with van der Waals surface area (Å²) in [7, 11) is 6.07. The van der Waals surface area contributed by atoms with Crippen molar-refractivity contribution in [3.8, 4) is 17.2 Å². The zero-order chi connectivity index (χ0) is 21.6. The Bertz CT molecular complexity index is 842. The number of methoxy groups -OCH3 is 4. The molecule has 1 aromatic carbocycles. The third kappa shape index (κ3) is 4.37. The molecule has 2 rings (SSSR count). The highest BCUT2D eigenvalue weighted by Crippen LogP contribution is 2.42. The Balaban J connectivity index is 2.62. The van der Waals surface area contributed by atoms with Crippen LogP contribution in [0, 0.1) is 0 Å². The van der Waals surface area contributed by atoms with Crippen LogP contribution in [0.1, 0.15) is 19.4 Å². The van der Waals surface area contributed by atoms with Crippen LogP contribution in [-0.4, -0.2) is 65.0 Å².